The Labute approximate surface area is 87.0 Å². The van der Waals surface area contributed by atoms with Gasteiger partial charge in [0.1, 0.15) is 0 Å². The molecule has 0 heterocycles. The van der Waals surface area contributed by atoms with Gasteiger partial charge in [-0.2, -0.15) is 0 Å². The van der Waals surface area contributed by atoms with Crippen LogP contribution in [0.3, 0.4) is 0 Å². The maximum absolute atomic E-state index is 10.00. The molecule has 0 atom stereocenters. The monoisotopic (exact) mass is 209 g/mol. The van der Waals surface area contributed by atoms with Crippen molar-refractivity contribution in [3.63, 3.8) is 0 Å². The lowest BCUT2D eigenvalue weighted by Gasteiger charge is -1.92. The molecule has 14 heavy (non-hydrogen) atoms. The lowest BCUT2D eigenvalue weighted by molar-refractivity contribution is -0.478. The number of hydrogen-bond acceptors (Lipinski definition) is 3. The summed E-state index contributed by atoms with van der Waals surface area (Å²) in [6, 6.07) is 9.89. The normalized spacial score (nSPS) is 10.6. The first-order valence-electron chi connectivity index (χ1n) is 4.27. The molecule has 0 radical (unpaired) electrons. The van der Waals surface area contributed by atoms with Gasteiger partial charge in [-0.15, -0.1) is 0 Å². The summed E-state index contributed by atoms with van der Waals surface area (Å²) in [7, 11) is 0. The standard InChI is InChI=1S/C10H11NO2S/c12-11(13)8-4-5-9-14-10-6-2-1-3-7-10/h1-3,5-7,9H,4,8H2/b9-5+. The van der Waals surface area contributed by atoms with Gasteiger partial charge in [-0.3, -0.25) is 10.1 Å². The van der Waals surface area contributed by atoms with E-state index >= 15 is 0 Å². The van der Waals surface area contributed by atoms with Crippen molar-refractivity contribution in [2.24, 2.45) is 0 Å². The fourth-order valence-corrected chi connectivity index (χ4v) is 1.58. The van der Waals surface area contributed by atoms with E-state index in [1.807, 2.05) is 41.8 Å². The lowest BCUT2D eigenvalue weighted by Crippen LogP contribution is -1.97. The molecule has 74 valence electrons. The highest BCUT2D eigenvalue weighted by Crippen LogP contribution is 2.17. The Morgan fingerprint density at radius 3 is 2.71 bits per heavy atom. The quantitative estimate of drug-likeness (QED) is 0.425. The fourth-order valence-electron chi connectivity index (χ4n) is 0.874. The Hall–Kier alpha value is -1.29. The molecule has 0 aliphatic rings. The second kappa shape index (κ2) is 6.21. The zero-order chi connectivity index (χ0) is 10.2. The summed E-state index contributed by atoms with van der Waals surface area (Å²) in [5.74, 6) is 0. The molecule has 0 saturated heterocycles. The SMILES string of the molecule is O=[N+]([O-])CC/C=C/Sc1ccccc1. The van der Waals surface area contributed by atoms with Crippen LogP contribution in [0.25, 0.3) is 0 Å². The summed E-state index contributed by atoms with van der Waals surface area (Å²) < 4.78 is 0. The average Bonchev–Trinajstić information content (AvgIpc) is 2.18. The van der Waals surface area contributed by atoms with Crippen LogP contribution in [-0.2, 0) is 0 Å². The molecule has 0 spiro atoms. The van der Waals surface area contributed by atoms with E-state index in [-0.39, 0.29) is 11.5 Å². The van der Waals surface area contributed by atoms with E-state index in [0.29, 0.717) is 6.42 Å². The summed E-state index contributed by atoms with van der Waals surface area (Å²) in [5, 5.41) is 11.9. The Kier molecular flexibility index (Phi) is 4.78. The molecule has 1 rings (SSSR count). The molecule has 0 bridgehead atoms. The average molecular weight is 209 g/mol. The molecule has 4 heteroatoms. The van der Waals surface area contributed by atoms with Gasteiger partial charge in [-0.25, -0.2) is 0 Å². The zero-order valence-electron chi connectivity index (χ0n) is 7.63. The van der Waals surface area contributed by atoms with Crippen molar-refractivity contribution in [3.8, 4) is 0 Å². The first-order chi connectivity index (χ1) is 6.79. The molecule has 0 aliphatic heterocycles. The van der Waals surface area contributed by atoms with Crippen LogP contribution in [0, 0.1) is 10.1 Å². The van der Waals surface area contributed by atoms with Crippen molar-refractivity contribution >= 4 is 11.8 Å². The molecular weight excluding hydrogens is 198 g/mol. The van der Waals surface area contributed by atoms with E-state index in [2.05, 4.69) is 0 Å². The second-order valence-electron chi connectivity index (χ2n) is 2.65. The van der Waals surface area contributed by atoms with E-state index in [1.165, 1.54) is 0 Å². The predicted octanol–water partition coefficient (Wildman–Crippen LogP) is 2.96. The van der Waals surface area contributed by atoms with Gasteiger partial charge in [-0.05, 0) is 17.5 Å². The Morgan fingerprint density at radius 2 is 2.07 bits per heavy atom. The van der Waals surface area contributed by atoms with Crippen LogP contribution in [0.15, 0.2) is 46.7 Å². The molecule has 0 aromatic heterocycles. The Morgan fingerprint density at radius 1 is 1.36 bits per heavy atom. The van der Waals surface area contributed by atoms with E-state index < -0.39 is 0 Å². The summed E-state index contributed by atoms with van der Waals surface area (Å²) in [6.07, 6.45) is 2.31. The summed E-state index contributed by atoms with van der Waals surface area (Å²) >= 11 is 1.57. The summed E-state index contributed by atoms with van der Waals surface area (Å²) in [6.45, 7) is 0.00580. The van der Waals surface area contributed by atoms with Crippen molar-refractivity contribution in [2.75, 3.05) is 6.54 Å². The minimum atomic E-state index is -0.308. The molecule has 0 aliphatic carbocycles. The Balaban J connectivity index is 2.24. The van der Waals surface area contributed by atoms with Crippen molar-refractivity contribution < 1.29 is 4.92 Å². The largest absolute Gasteiger partial charge is 0.265 e. The molecule has 3 nitrogen and oxygen atoms in total. The van der Waals surface area contributed by atoms with Gasteiger partial charge in [0.15, 0.2) is 0 Å². The molecule has 0 saturated carbocycles. The van der Waals surface area contributed by atoms with Crippen LogP contribution in [0.4, 0.5) is 0 Å². The van der Waals surface area contributed by atoms with Crippen molar-refractivity contribution in [1.82, 2.24) is 0 Å². The van der Waals surface area contributed by atoms with Gasteiger partial charge in [-0.1, -0.05) is 36.0 Å². The van der Waals surface area contributed by atoms with E-state index in [1.54, 1.807) is 11.8 Å². The highest BCUT2D eigenvalue weighted by Gasteiger charge is 1.91. The van der Waals surface area contributed by atoms with Gasteiger partial charge >= 0.3 is 0 Å². The predicted molar refractivity (Wildman–Crippen MR) is 57.9 cm³/mol. The van der Waals surface area contributed by atoms with Crippen molar-refractivity contribution in [2.45, 2.75) is 11.3 Å². The van der Waals surface area contributed by atoms with Gasteiger partial charge in [0.25, 0.3) is 0 Å². The number of rotatable bonds is 5. The molecular formula is C10H11NO2S. The second-order valence-corrected chi connectivity index (χ2v) is 3.63. The van der Waals surface area contributed by atoms with Gasteiger partial charge in [0.05, 0.1) is 0 Å². The summed E-state index contributed by atoms with van der Waals surface area (Å²) in [5.41, 5.74) is 0. The minimum Gasteiger partial charge on any atom is -0.265 e. The van der Waals surface area contributed by atoms with Crippen LogP contribution in [0.1, 0.15) is 6.42 Å². The highest BCUT2D eigenvalue weighted by atomic mass is 32.2. The van der Waals surface area contributed by atoms with E-state index in [0.717, 1.165) is 4.90 Å². The first kappa shape index (κ1) is 10.8. The number of nitro groups is 1. The lowest BCUT2D eigenvalue weighted by atomic mass is 10.4. The Bertz CT molecular complexity index is 311. The zero-order valence-corrected chi connectivity index (χ0v) is 8.44. The van der Waals surface area contributed by atoms with Gasteiger partial charge < -0.3 is 0 Å². The topological polar surface area (TPSA) is 43.1 Å². The van der Waals surface area contributed by atoms with E-state index in [9.17, 15) is 10.1 Å². The van der Waals surface area contributed by atoms with Crippen LogP contribution in [0.2, 0.25) is 0 Å². The summed E-state index contributed by atoms with van der Waals surface area (Å²) in [4.78, 5) is 10.8. The van der Waals surface area contributed by atoms with Crippen LogP contribution in [0.5, 0.6) is 0 Å². The van der Waals surface area contributed by atoms with E-state index in [4.69, 9.17) is 0 Å². The maximum Gasteiger partial charge on any atom is 0.207 e. The third-order valence-electron chi connectivity index (χ3n) is 1.52. The van der Waals surface area contributed by atoms with Gasteiger partial charge in [0.2, 0.25) is 6.54 Å². The highest BCUT2D eigenvalue weighted by molar-refractivity contribution is 8.02. The third kappa shape index (κ3) is 4.67. The molecule has 0 unspecified atom stereocenters. The number of hydrogen-bond donors (Lipinski definition) is 0. The smallest absolute Gasteiger partial charge is 0.207 e. The number of nitrogens with zero attached hydrogens (tertiary/aromatic N) is 1. The third-order valence-corrected chi connectivity index (χ3v) is 2.39. The van der Waals surface area contributed by atoms with Gasteiger partial charge in [0, 0.05) is 16.2 Å². The van der Waals surface area contributed by atoms with Crippen LogP contribution in [-0.4, -0.2) is 11.5 Å². The maximum atomic E-state index is 10.00. The molecule has 1 aromatic carbocycles. The first-order valence-corrected chi connectivity index (χ1v) is 5.15. The van der Waals surface area contributed by atoms with Crippen LogP contribution < -0.4 is 0 Å². The van der Waals surface area contributed by atoms with Crippen LogP contribution >= 0.6 is 11.8 Å². The molecule has 0 N–H and O–H groups in total. The van der Waals surface area contributed by atoms with Crippen molar-refractivity contribution in [3.05, 3.63) is 51.9 Å². The van der Waals surface area contributed by atoms with Crippen molar-refractivity contribution in [1.29, 1.82) is 0 Å². The molecule has 0 fully saturated rings. The number of thioether (sulfide) groups is 1. The molecule has 1 aromatic rings. The minimum absolute atomic E-state index is 0.00580. The molecule has 0 amide bonds. The number of benzene rings is 1. The fraction of sp³-hybridized carbons (Fsp3) is 0.200.